The van der Waals surface area contributed by atoms with Crippen molar-refractivity contribution in [2.45, 2.75) is 24.1 Å². The zero-order valence-corrected chi connectivity index (χ0v) is 7.60. The second-order valence-electron chi connectivity index (χ2n) is 3.16. The molecule has 0 radical (unpaired) electrons. The molecule has 0 aromatic carbocycles. The minimum absolute atomic E-state index is 0.0480. The van der Waals surface area contributed by atoms with Gasteiger partial charge in [-0.1, -0.05) is 0 Å². The van der Waals surface area contributed by atoms with Crippen LogP contribution >= 0.6 is 0 Å². The number of carbonyl (C=O) groups excluding carboxylic acids is 1. The molecule has 12 heavy (non-hydrogen) atoms. The number of rotatable bonds is 1. The Hall–Kier alpha value is -0.620. The minimum Gasteiger partial charge on any atom is -0.368 e. The van der Waals surface area contributed by atoms with Gasteiger partial charge in [0.25, 0.3) is 0 Å². The van der Waals surface area contributed by atoms with Gasteiger partial charge in [-0.2, -0.15) is 0 Å². The quantitative estimate of drug-likeness (QED) is 0.521. The van der Waals surface area contributed by atoms with E-state index in [1.165, 1.54) is 6.92 Å². The predicted octanol–water partition coefficient (Wildman–Crippen LogP) is -1.62. The first-order valence-electron chi connectivity index (χ1n) is 3.61. The largest absolute Gasteiger partial charge is 0.368 e. The number of carbonyl (C=O) groups is 1. The summed E-state index contributed by atoms with van der Waals surface area (Å²) in [6.07, 6.45) is 0.131. The number of sulfone groups is 1. The van der Waals surface area contributed by atoms with Crippen LogP contribution < -0.4 is 11.5 Å². The first-order valence-corrected chi connectivity index (χ1v) is 5.32. The maximum absolute atomic E-state index is 11.2. The number of hydrogen-bond donors (Lipinski definition) is 2. The first-order chi connectivity index (χ1) is 5.31. The van der Waals surface area contributed by atoms with Crippen LogP contribution in [0, 0.1) is 0 Å². The molecule has 1 amide bonds. The molecule has 1 saturated heterocycles. The van der Waals surface area contributed by atoms with Crippen molar-refractivity contribution < 1.29 is 13.2 Å². The molecule has 0 saturated carbocycles. The van der Waals surface area contributed by atoms with Crippen molar-refractivity contribution in [1.82, 2.24) is 0 Å². The molecule has 1 fully saturated rings. The van der Waals surface area contributed by atoms with E-state index in [0.29, 0.717) is 0 Å². The molecule has 0 aliphatic carbocycles. The Bertz CT molecular complexity index is 311. The lowest BCUT2D eigenvalue weighted by atomic mass is 9.94. The van der Waals surface area contributed by atoms with Gasteiger partial charge in [-0.25, -0.2) is 8.42 Å². The fourth-order valence-electron chi connectivity index (χ4n) is 1.34. The van der Waals surface area contributed by atoms with Gasteiger partial charge in [0, 0.05) is 0 Å². The Labute approximate surface area is 71.0 Å². The normalized spacial score (nSPS) is 39.7. The average Bonchev–Trinajstić information content (AvgIpc) is 2.15. The number of nitrogens with two attached hydrogens (primary N) is 2. The lowest BCUT2D eigenvalue weighted by molar-refractivity contribution is -0.122. The lowest BCUT2D eigenvalue weighted by Crippen LogP contribution is -2.57. The van der Waals surface area contributed by atoms with E-state index in [2.05, 4.69) is 0 Å². The third kappa shape index (κ3) is 1.11. The maximum atomic E-state index is 11.2. The fraction of sp³-hybridized carbons (Fsp3) is 0.833. The molecule has 0 spiro atoms. The molecule has 0 bridgehead atoms. The van der Waals surface area contributed by atoms with E-state index in [0.717, 1.165) is 0 Å². The summed E-state index contributed by atoms with van der Waals surface area (Å²) in [7, 11) is -3.20. The van der Waals surface area contributed by atoms with Gasteiger partial charge in [0.15, 0.2) is 9.84 Å². The van der Waals surface area contributed by atoms with Crippen LogP contribution in [0.15, 0.2) is 0 Å². The third-order valence-electron chi connectivity index (χ3n) is 2.52. The molecule has 1 aliphatic rings. The molecule has 2 atom stereocenters. The van der Waals surface area contributed by atoms with Crippen LogP contribution in [-0.2, 0) is 14.6 Å². The highest BCUT2D eigenvalue weighted by atomic mass is 32.2. The second-order valence-corrected chi connectivity index (χ2v) is 5.60. The molecular formula is C6H12N2O3S. The lowest BCUT2D eigenvalue weighted by Gasteiger charge is -2.22. The topological polar surface area (TPSA) is 103 Å². The number of hydrogen-bond acceptors (Lipinski definition) is 4. The van der Waals surface area contributed by atoms with E-state index in [1.807, 2.05) is 0 Å². The summed E-state index contributed by atoms with van der Waals surface area (Å²) in [6.45, 7) is 1.42. The van der Waals surface area contributed by atoms with Gasteiger partial charge < -0.3 is 11.5 Å². The highest BCUT2D eigenvalue weighted by Crippen LogP contribution is 2.28. The smallest absolute Gasteiger partial charge is 0.238 e. The van der Waals surface area contributed by atoms with Crippen LogP contribution in [0.4, 0.5) is 0 Å². The van der Waals surface area contributed by atoms with Gasteiger partial charge >= 0.3 is 0 Å². The monoisotopic (exact) mass is 192 g/mol. The Morgan fingerprint density at radius 3 is 2.25 bits per heavy atom. The van der Waals surface area contributed by atoms with Gasteiger partial charge in [-0.15, -0.1) is 0 Å². The Kier molecular flexibility index (Phi) is 1.92. The summed E-state index contributed by atoms with van der Waals surface area (Å²) >= 11 is 0. The van der Waals surface area contributed by atoms with Crippen molar-refractivity contribution in [3.05, 3.63) is 0 Å². The fourth-order valence-corrected chi connectivity index (χ4v) is 3.19. The van der Waals surface area contributed by atoms with Crippen molar-refractivity contribution in [2.75, 3.05) is 5.75 Å². The Balaban J connectivity index is 3.09. The van der Waals surface area contributed by atoms with E-state index in [1.54, 1.807) is 0 Å². The van der Waals surface area contributed by atoms with Crippen molar-refractivity contribution in [1.29, 1.82) is 0 Å². The molecule has 0 aromatic heterocycles. The highest BCUT2D eigenvalue weighted by Gasteiger charge is 2.50. The third-order valence-corrected chi connectivity index (χ3v) is 4.79. The summed E-state index contributed by atoms with van der Waals surface area (Å²) in [5.41, 5.74) is 9.22. The molecule has 1 heterocycles. The standard InChI is InChI=1S/C6H12N2O3S/c1-4-6(8,5(7)9)2-3-12(4,10)11/h4H,2-3,8H2,1H3,(H2,7,9). The van der Waals surface area contributed by atoms with E-state index in [4.69, 9.17) is 11.5 Å². The van der Waals surface area contributed by atoms with Crippen LogP contribution in [0.2, 0.25) is 0 Å². The zero-order chi connectivity index (χ0) is 9.57. The summed E-state index contributed by atoms with van der Waals surface area (Å²) in [5, 5.41) is -0.859. The number of primary amides is 1. The Morgan fingerprint density at radius 1 is 1.58 bits per heavy atom. The van der Waals surface area contributed by atoms with Gasteiger partial charge in [0.1, 0.15) is 5.54 Å². The van der Waals surface area contributed by atoms with E-state index < -0.39 is 26.5 Å². The molecular weight excluding hydrogens is 180 g/mol. The van der Waals surface area contributed by atoms with Crippen molar-refractivity contribution in [3.63, 3.8) is 0 Å². The van der Waals surface area contributed by atoms with Crippen LogP contribution in [0.25, 0.3) is 0 Å². The summed E-state index contributed by atoms with van der Waals surface area (Å²) < 4.78 is 22.4. The maximum Gasteiger partial charge on any atom is 0.238 e. The van der Waals surface area contributed by atoms with Crippen molar-refractivity contribution >= 4 is 15.7 Å². The SMILES string of the molecule is CC1C(N)(C(N)=O)CCS1(=O)=O. The van der Waals surface area contributed by atoms with E-state index >= 15 is 0 Å². The van der Waals surface area contributed by atoms with Crippen LogP contribution in [0.1, 0.15) is 13.3 Å². The van der Waals surface area contributed by atoms with Crippen LogP contribution in [-0.4, -0.2) is 30.9 Å². The van der Waals surface area contributed by atoms with Crippen LogP contribution in [0.3, 0.4) is 0 Å². The second kappa shape index (κ2) is 2.43. The summed E-state index contributed by atoms with van der Waals surface area (Å²) in [4.78, 5) is 10.9. The molecule has 4 N–H and O–H groups in total. The molecule has 70 valence electrons. The average molecular weight is 192 g/mol. The molecule has 1 rings (SSSR count). The predicted molar refractivity (Wildman–Crippen MR) is 44.0 cm³/mol. The number of amides is 1. The summed E-state index contributed by atoms with van der Waals surface area (Å²) in [6, 6.07) is 0. The van der Waals surface area contributed by atoms with Gasteiger partial charge in [0.2, 0.25) is 5.91 Å². The van der Waals surface area contributed by atoms with E-state index in [-0.39, 0.29) is 12.2 Å². The van der Waals surface area contributed by atoms with Crippen LogP contribution in [0.5, 0.6) is 0 Å². The molecule has 5 nitrogen and oxygen atoms in total. The minimum atomic E-state index is -3.20. The Morgan fingerprint density at radius 2 is 2.08 bits per heavy atom. The van der Waals surface area contributed by atoms with E-state index in [9.17, 15) is 13.2 Å². The summed E-state index contributed by atoms with van der Waals surface area (Å²) in [5.74, 6) is -0.788. The van der Waals surface area contributed by atoms with Gasteiger partial charge in [0.05, 0.1) is 11.0 Å². The molecule has 1 aliphatic heterocycles. The van der Waals surface area contributed by atoms with Gasteiger partial charge in [-0.05, 0) is 13.3 Å². The zero-order valence-electron chi connectivity index (χ0n) is 6.78. The highest BCUT2D eigenvalue weighted by molar-refractivity contribution is 7.92. The molecule has 6 heteroatoms. The van der Waals surface area contributed by atoms with Crippen molar-refractivity contribution in [2.24, 2.45) is 11.5 Å². The van der Waals surface area contributed by atoms with Crippen molar-refractivity contribution in [3.8, 4) is 0 Å². The molecule has 0 aromatic rings. The van der Waals surface area contributed by atoms with Gasteiger partial charge in [-0.3, -0.25) is 4.79 Å². The first kappa shape index (κ1) is 9.47. The molecule has 2 unspecified atom stereocenters.